The number of anilines is 2. The number of hydrogen-bond acceptors (Lipinski definition) is 6. The Labute approximate surface area is 143 Å². The van der Waals surface area contributed by atoms with Gasteiger partial charge in [-0.1, -0.05) is 19.1 Å². The lowest BCUT2D eigenvalue weighted by atomic mass is 10.1. The lowest BCUT2D eigenvalue weighted by Gasteiger charge is -2.08. The average molecular weight is 343 g/mol. The highest BCUT2D eigenvalue weighted by Gasteiger charge is 2.16. The van der Waals surface area contributed by atoms with Crippen LogP contribution in [0.4, 0.5) is 17.1 Å². The number of nitrogen functional groups attached to an aromatic ring is 1. The van der Waals surface area contributed by atoms with Gasteiger partial charge >= 0.3 is 5.97 Å². The van der Waals surface area contributed by atoms with Crippen molar-refractivity contribution in [3.8, 4) is 0 Å². The molecule has 25 heavy (non-hydrogen) atoms. The summed E-state index contributed by atoms with van der Waals surface area (Å²) < 4.78 is 4.90. The lowest BCUT2D eigenvalue weighted by molar-refractivity contribution is -0.384. The van der Waals surface area contributed by atoms with Gasteiger partial charge in [0.2, 0.25) is 0 Å². The Morgan fingerprint density at radius 3 is 2.64 bits per heavy atom. The fraction of sp³-hybridized carbons (Fsp3) is 0.176. The monoisotopic (exact) mass is 343 g/mol. The summed E-state index contributed by atoms with van der Waals surface area (Å²) in [5.41, 5.74) is 6.93. The van der Waals surface area contributed by atoms with Crippen LogP contribution < -0.4 is 11.1 Å². The number of nitro benzene ring substituents is 1. The van der Waals surface area contributed by atoms with Gasteiger partial charge in [0.15, 0.2) is 6.61 Å². The summed E-state index contributed by atoms with van der Waals surface area (Å²) >= 11 is 0. The third kappa shape index (κ3) is 4.77. The Balaban J connectivity index is 1.95. The molecule has 0 atom stereocenters. The molecule has 0 heterocycles. The molecule has 8 heteroatoms. The van der Waals surface area contributed by atoms with Crippen molar-refractivity contribution >= 4 is 28.9 Å². The molecule has 2 aromatic rings. The van der Waals surface area contributed by atoms with Crippen molar-refractivity contribution in [2.75, 3.05) is 17.7 Å². The average Bonchev–Trinajstić information content (AvgIpc) is 2.59. The fourth-order valence-corrected chi connectivity index (χ4v) is 2.12. The molecular weight excluding hydrogens is 326 g/mol. The summed E-state index contributed by atoms with van der Waals surface area (Å²) in [7, 11) is 0. The largest absolute Gasteiger partial charge is 0.452 e. The summed E-state index contributed by atoms with van der Waals surface area (Å²) in [6, 6.07) is 10.7. The first-order valence-electron chi connectivity index (χ1n) is 7.50. The van der Waals surface area contributed by atoms with Gasteiger partial charge in [-0.25, -0.2) is 4.79 Å². The third-order valence-corrected chi connectivity index (χ3v) is 3.42. The zero-order valence-corrected chi connectivity index (χ0v) is 13.5. The van der Waals surface area contributed by atoms with Crippen molar-refractivity contribution in [1.82, 2.24) is 0 Å². The van der Waals surface area contributed by atoms with Crippen LogP contribution in [0.2, 0.25) is 0 Å². The standard InChI is InChI=1S/C17H17N3O5/c1-2-11-4-3-5-12(8-11)19-16(21)10-25-17(22)14-7-6-13(20(23)24)9-15(14)18/h3-9H,2,10,18H2,1H3,(H,19,21). The molecule has 0 fully saturated rings. The molecule has 0 saturated heterocycles. The van der Waals surface area contributed by atoms with Crippen molar-refractivity contribution in [2.45, 2.75) is 13.3 Å². The molecule has 0 spiro atoms. The van der Waals surface area contributed by atoms with E-state index in [1.165, 1.54) is 6.07 Å². The second-order valence-corrected chi connectivity index (χ2v) is 5.21. The number of amides is 1. The number of carbonyl (C=O) groups is 2. The smallest absolute Gasteiger partial charge is 0.340 e. The van der Waals surface area contributed by atoms with E-state index < -0.39 is 23.4 Å². The quantitative estimate of drug-likeness (QED) is 0.359. The summed E-state index contributed by atoms with van der Waals surface area (Å²) in [6.45, 7) is 1.50. The van der Waals surface area contributed by atoms with Gasteiger partial charge in [0, 0.05) is 17.8 Å². The fourth-order valence-electron chi connectivity index (χ4n) is 2.12. The van der Waals surface area contributed by atoms with E-state index in [0.29, 0.717) is 5.69 Å². The minimum Gasteiger partial charge on any atom is -0.452 e. The van der Waals surface area contributed by atoms with Gasteiger partial charge in [-0.2, -0.15) is 0 Å². The van der Waals surface area contributed by atoms with E-state index in [1.807, 2.05) is 25.1 Å². The Hall–Kier alpha value is -3.42. The molecule has 0 aliphatic carbocycles. The first kappa shape index (κ1) is 17.9. The molecule has 0 aromatic heterocycles. The van der Waals surface area contributed by atoms with E-state index in [9.17, 15) is 19.7 Å². The van der Waals surface area contributed by atoms with Gasteiger partial charge in [-0.3, -0.25) is 14.9 Å². The van der Waals surface area contributed by atoms with E-state index in [4.69, 9.17) is 10.5 Å². The summed E-state index contributed by atoms with van der Waals surface area (Å²) in [6.07, 6.45) is 0.831. The van der Waals surface area contributed by atoms with E-state index in [0.717, 1.165) is 24.1 Å². The zero-order valence-electron chi connectivity index (χ0n) is 13.5. The van der Waals surface area contributed by atoms with Crippen molar-refractivity contribution in [3.63, 3.8) is 0 Å². The first-order valence-corrected chi connectivity index (χ1v) is 7.50. The van der Waals surface area contributed by atoms with Gasteiger partial charge in [-0.15, -0.1) is 0 Å². The maximum absolute atomic E-state index is 12.0. The molecule has 2 aromatic carbocycles. The Kier molecular flexibility index (Phi) is 5.67. The topological polar surface area (TPSA) is 125 Å². The van der Waals surface area contributed by atoms with E-state index in [1.54, 1.807) is 6.07 Å². The number of benzene rings is 2. The molecule has 0 bridgehead atoms. The Morgan fingerprint density at radius 2 is 2.00 bits per heavy atom. The van der Waals surface area contributed by atoms with Gasteiger partial charge in [-0.05, 0) is 30.2 Å². The highest BCUT2D eigenvalue weighted by molar-refractivity contribution is 5.98. The maximum atomic E-state index is 12.0. The molecule has 130 valence electrons. The Morgan fingerprint density at radius 1 is 1.24 bits per heavy atom. The van der Waals surface area contributed by atoms with Crippen LogP contribution in [0.5, 0.6) is 0 Å². The highest BCUT2D eigenvalue weighted by Crippen LogP contribution is 2.20. The number of esters is 1. The molecule has 0 aliphatic rings. The van der Waals surface area contributed by atoms with Gasteiger partial charge < -0.3 is 15.8 Å². The highest BCUT2D eigenvalue weighted by atomic mass is 16.6. The molecule has 2 rings (SSSR count). The predicted molar refractivity (Wildman–Crippen MR) is 92.2 cm³/mol. The number of nitrogens with two attached hydrogens (primary N) is 1. The van der Waals surface area contributed by atoms with Gasteiger partial charge in [0.1, 0.15) is 0 Å². The normalized spacial score (nSPS) is 10.1. The number of ether oxygens (including phenoxy) is 1. The minimum absolute atomic E-state index is 0.0358. The number of nitrogens with one attached hydrogen (secondary N) is 1. The number of carbonyl (C=O) groups excluding carboxylic acids is 2. The van der Waals surface area contributed by atoms with Crippen molar-refractivity contribution < 1.29 is 19.2 Å². The SMILES string of the molecule is CCc1cccc(NC(=O)COC(=O)c2ccc([N+](=O)[O-])cc2N)c1. The second kappa shape index (κ2) is 7.91. The first-order chi connectivity index (χ1) is 11.9. The van der Waals surface area contributed by atoms with E-state index >= 15 is 0 Å². The number of nitrogens with zero attached hydrogens (tertiary/aromatic N) is 1. The lowest BCUT2D eigenvalue weighted by Crippen LogP contribution is -2.21. The summed E-state index contributed by atoms with van der Waals surface area (Å²) in [5.74, 6) is -1.33. The van der Waals surface area contributed by atoms with Crippen molar-refractivity contribution in [3.05, 3.63) is 63.7 Å². The van der Waals surface area contributed by atoms with Crippen LogP contribution in [-0.2, 0) is 16.0 Å². The van der Waals surface area contributed by atoms with Crippen LogP contribution in [0.15, 0.2) is 42.5 Å². The molecule has 0 saturated carbocycles. The van der Waals surface area contributed by atoms with Crippen LogP contribution in [0.25, 0.3) is 0 Å². The number of rotatable bonds is 6. The minimum atomic E-state index is -0.829. The van der Waals surface area contributed by atoms with Crippen LogP contribution >= 0.6 is 0 Å². The van der Waals surface area contributed by atoms with Crippen molar-refractivity contribution in [1.29, 1.82) is 0 Å². The number of hydrogen-bond donors (Lipinski definition) is 2. The number of non-ortho nitro benzene ring substituents is 1. The van der Waals surface area contributed by atoms with Crippen LogP contribution in [0, 0.1) is 10.1 Å². The van der Waals surface area contributed by atoms with Crippen LogP contribution in [0.3, 0.4) is 0 Å². The zero-order chi connectivity index (χ0) is 18.4. The molecule has 3 N–H and O–H groups in total. The third-order valence-electron chi connectivity index (χ3n) is 3.42. The molecule has 0 aliphatic heterocycles. The van der Waals surface area contributed by atoms with Crippen LogP contribution in [0.1, 0.15) is 22.8 Å². The van der Waals surface area contributed by atoms with E-state index in [-0.39, 0.29) is 16.9 Å². The number of nitro groups is 1. The summed E-state index contributed by atoms with van der Waals surface area (Å²) in [4.78, 5) is 33.8. The molecule has 0 unspecified atom stereocenters. The van der Waals surface area contributed by atoms with Crippen LogP contribution in [-0.4, -0.2) is 23.4 Å². The molecular formula is C17H17N3O5. The van der Waals surface area contributed by atoms with Gasteiger partial charge in [0.05, 0.1) is 16.2 Å². The van der Waals surface area contributed by atoms with Gasteiger partial charge in [0.25, 0.3) is 11.6 Å². The van der Waals surface area contributed by atoms with E-state index in [2.05, 4.69) is 5.32 Å². The maximum Gasteiger partial charge on any atom is 0.340 e. The Bertz CT molecular complexity index is 820. The molecule has 0 radical (unpaired) electrons. The molecule has 8 nitrogen and oxygen atoms in total. The van der Waals surface area contributed by atoms with Crippen molar-refractivity contribution in [2.24, 2.45) is 0 Å². The second-order valence-electron chi connectivity index (χ2n) is 5.21. The summed E-state index contributed by atoms with van der Waals surface area (Å²) in [5, 5.41) is 13.3. The predicted octanol–water partition coefficient (Wildman–Crippen LogP) is 2.53. The molecule has 1 amide bonds. The number of aryl methyl sites for hydroxylation is 1.